The monoisotopic (exact) mass is 244 g/mol. The molecule has 0 aliphatic heterocycles. The van der Waals surface area contributed by atoms with Gasteiger partial charge in [-0.2, -0.15) is 0 Å². The molecule has 1 atom stereocenters. The fraction of sp³-hybridized carbons (Fsp3) is 0.833. The summed E-state index contributed by atoms with van der Waals surface area (Å²) in [7, 11) is 0. The van der Waals surface area contributed by atoms with Gasteiger partial charge in [0.25, 0.3) is 0 Å². The van der Waals surface area contributed by atoms with E-state index in [4.69, 9.17) is 4.74 Å². The molecule has 0 saturated carbocycles. The molecule has 1 unspecified atom stereocenters. The van der Waals surface area contributed by atoms with Crippen LogP contribution in [0.25, 0.3) is 0 Å². The van der Waals surface area contributed by atoms with E-state index in [0.717, 1.165) is 0 Å². The minimum absolute atomic E-state index is 0.0983. The van der Waals surface area contributed by atoms with Crippen LogP contribution >= 0.6 is 0 Å². The van der Waals surface area contributed by atoms with Crippen molar-refractivity contribution in [2.24, 2.45) is 0 Å². The van der Waals surface area contributed by atoms with E-state index in [2.05, 4.69) is 10.6 Å². The molecule has 0 aromatic heterocycles. The average molecular weight is 244 g/mol. The number of nitrogens with one attached hydrogen (secondary N) is 2. The van der Waals surface area contributed by atoms with Crippen LogP contribution in [0.5, 0.6) is 0 Å². The van der Waals surface area contributed by atoms with Gasteiger partial charge in [0.15, 0.2) is 0 Å². The number of carbonyl (C=O) groups is 2. The first-order valence-electron chi connectivity index (χ1n) is 5.87. The number of esters is 1. The quantitative estimate of drug-likeness (QED) is 0.703. The molecular weight excluding hydrogens is 220 g/mol. The van der Waals surface area contributed by atoms with E-state index in [1.165, 1.54) is 0 Å². The van der Waals surface area contributed by atoms with Crippen molar-refractivity contribution < 1.29 is 14.3 Å². The van der Waals surface area contributed by atoms with Gasteiger partial charge < -0.3 is 10.1 Å². The van der Waals surface area contributed by atoms with Crippen LogP contribution in [0.4, 0.5) is 0 Å². The Kier molecular flexibility index (Phi) is 6.16. The van der Waals surface area contributed by atoms with Gasteiger partial charge in [0.05, 0.1) is 6.54 Å². The first-order chi connectivity index (χ1) is 7.61. The summed E-state index contributed by atoms with van der Waals surface area (Å²) < 4.78 is 5.18. The van der Waals surface area contributed by atoms with Crippen LogP contribution in [-0.4, -0.2) is 36.1 Å². The van der Waals surface area contributed by atoms with Gasteiger partial charge in [-0.1, -0.05) is 0 Å². The molecule has 0 aromatic rings. The van der Waals surface area contributed by atoms with Gasteiger partial charge in [-0.15, -0.1) is 0 Å². The third-order valence-corrected chi connectivity index (χ3v) is 1.78. The lowest BCUT2D eigenvalue weighted by atomic mass is 10.2. The molecule has 5 nitrogen and oxygen atoms in total. The van der Waals surface area contributed by atoms with Crippen LogP contribution in [0.15, 0.2) is 0 Å². The SMILES string of the molecule is CC(C)NC(=O)CNC(C)C(=O)OC(C)(C)C. The van der Waals surface area contributed by atoms with E-state index in [9.17, 15) is 9.59 Å². The van der Waals surface area contributed by atoms with Crippen molar-refractivity contribution in [2.45, 2.75) is 59.2 Å². The minimum atomic E-state index is -0.507. The van der Waals surface area contributed by atoms with Crippen molar-refractivity contribution in [3.05, 3.63) is 0 Å². The summed E-state index contributed by atoms with van der Waals surface area (Å²) in [6, 6.07) is -0.395. The predicted octanol–water partition coefficient (Wildman–Crippen LogP) is 0.831. The third-order valence-electron chi connectivity index (χ3n) is 1.78. The van der Waals surface area contributed by atoms with Crippen LogP contribution in [0.2, 0.25) is 0 Å². The van der Waals surface area contributed by atoms with Crippen LogP contribution in [0, 0.1) is 0 Å². The fourth-order valence-electron chi connectivity index (χ4n) is 1.09. The van der Waals surface area contributed by atoms with Crippen molar-refractivity contribution in [1.82, 2.24) is 10.6 Å². The molecule has 0 fully saturated rings. The highest BCUT2D eigenvalue weighted by Crippen LogP contribution is 2.08. The van der Waals surface area contributed by atoms with Gasteiger partial charge in [0, 0.05) is 6.04 Å². The molecule has 0 saturated heterocycles. The Bertz CT molecular complexity index is 269. The summed E-state index contributed by atoms with van der Waals surface area (Å²) in [5.41, 5.74) is -0.507. The molecule has 17 heavy (non-hydrogen) atoms. The Labute approximate surface area is 103 Å². The summed E-state index contributed by atoms with van der Waals surface area (Å²) in [5.74, 6) is -0.481. The number of amides is 1. The zero-order chi connectivity index (χ0) is 13.6. The normalized spacial score (nSPS) is 13.4. The van der Waals surface area contributed by atoms with Gasteiger partial charge in [0.2, 0.25) is 5.91 Å². The largest absolute Gasteiger partial charge is 0.459 e. The summed E-state index contributed by atoms with van der Waals surface area (Å²) in [6.45, 7) is 11.0. The molecule has 1 amide bonds. The molecule has 2 N–H and O–H groups in total. The van der Waals surface area contributed by atoms with Gasteiger partial charge in [0.1, 0.15) is 11.6 Å². The highest BCUT2D eigenvalue weighted by atomic mass is 16.6. The number of carbonyl (C=O) groups excluding carboxylic acids is 2. The Morgan fingerprint density at radius 3 is 2.12 bits per heavy atom. The maximum absolute atomic E-state index is 11.6. The molecule has 0 aliphatic carbocycles. The van der Waals surface area contributed by atoms with Gasteiger partial charge in [-0.25, -0.2) is 0 Å². The third kappa shape index (κ3) is 8.68. The standard InChI is InChI=1S/C12H24N2O3/c1-8(2)14-10(15)7-13-9(3)11(16)17-12(4,5)6/h8-9,13H,7H2,1-6H3,(H,14,15). The molecular formula is C12H24N2O3. The Balaban J connectivity index is 3.98. The lowest BCUT2D eigenvalue weighted by Crippen LogP contribution is -2.45. The molecule has 0 aromatic carbocycles. The number of hydrogen-bond donors (Lipinski definition) is 2. The Morgan fingerprint density at radius 2 is 1.71 bits per heavy atom. The fourth-order valence-corrected chi connectivity index (χ4v) is 1.09. The zero-order valence-electron chi connectivity index (χ0n) is 11.6. The summed E-state index contributed by atoms with van der Waals surface area (Å²) in [6.07, 6.45) is 0. The zero-order valence-corrected chi connectivity index (χ0v) is 11.6. The van der Waals surface area contributed by atoms with E-state index in [1.807, 2.05) is 34.6 Å². The molecule has 0 heterocycles. The van der Waals surface area contributed by atoms with Crippen LogP contribution in [0.1, 0.15) is 41.5 Å². The summed E-state index contributed by atoms with van der Waals surface area (Å²) >= 11 is 0. The summed E-state index contributed by atoms with van der Waals surface area (Å²) in [4.78, 5) is 22.9. The highest BCUT2D eigenvalue weighted by Gasteiger charge is 2.21. The summed E-state index contributed by atoms with van der Waals surface area (Å²) in [5, 5.41) is 5.56. The predicted molar refractivity (Wildman–Crippen MR) is 66.6 cm³/mol. The van der Waals surface area contributed by atoms with E-state index >= 15 is 0 Å². The van der Waals surface area contributed by atoms with Crippen LogP contribution < -0.4 is 10.6 Å². The highest BCUT2D eigenvalue weighted by molar-refractivity contribution is 5.80. The molecule has 0 bridgehead atoms. The van der Waals surface area contributed by atoms with Crippen molar-refractivity contribution in [3.63, 3.8) is 0 Å². The Hall–Kier alpha value is -1.10. The van der Waals surface area contributed by atoms with E-state index in [-0.39, 0.29) is 24.5 Å². The number of hydrogen-bond acceptors (Lipinski definition) is 4. The van der Waals surface area contributed by atoms with Crippen molar-refractivity contribution in [2.75, 3.05) is 6.54 Å². The smallest absolute Gasteiger partial charge is 0.323 e. The average Bonchev–Trinajstić information content (AvgIpc) is 2.10. The van der Waals surface area contributed by atoms with Crippen molar-refractivity contribution in [3.8, 4) is 0 Å². The lowest BCUT2D eigenvalue weighted by Gasteiger charge is -2.22. The first-order valence-corrected chi connectivity index (χ1v) is 5.87. The van der Waals surface area contributed by atoms with Crippen LogP contribution in [-0.2, 0) is 14.3 Å². The number of ether oxygens (including phenoxy) is 1. The molecule has 0 aliphatic rings. The van der Waals surface area contributed by atoms with Crippen LogP contribution in [0.3, 0.4) is 0 Å². The van der Waals surface area contributed by atoms with Gasteiger partial charge >= 0.3 is 5.97 Å². The number of rotatable bonds is 5. The topological polar surface area (TPSA) is 67.4 Å². The minimum Gasteiger partial charge on any atom is -0.459 e. The maximum atomic E-state index is 11.6. The molecule has 0 spiro atoms. The molecule has 0 rings (SSSR count). The molecule has 100 valence electrons. The van der Waals surface area contributed by atoms with E-state index < -0.39 is 11.6 Å². The first kappa shape index (κ1) is 15.9. The second kappa shape index (κ2) is 6.59. The molecule has 0 radical (unpaired) electrons. The maximum Gasteiger partial charge on any atom is 0.323 e. The second-order valence-corrected chi connectivity index (χ2v) is 5.36. The van der Waals surface area contributed by atoms with Gasteiger partial charge in [-0.05, 0) is 41.5 Å². The Morgan fingerprint density at radius 1 is 1.18 bits per heavy atom. The second-order valence-electron chi connectivity index (χ2n) is 5.36. The van der Waals surface area contributed by atoms with E-state index in [0.29, 0.717) is 0 Å². The van der Waals surface area contributed by atoms with Crippen molar-refractivity contribution in [1.29, 1.82) is 0 Å². The van der Waals surface area contributed by atoms with Crippen molar-refractivity contribution >= 4 is 11.9 Å². The molecule has 5 heteroatoms. The lowest BCUT2D eigenvalue weighted by molar-refractivity contribution is -0.156. The van der Waals surface area contributed by atoms with E-state index in [1.54, 1.807) is 6.92 Å². The van der Waals surface area contributed by atoms with Gasteiger partial charge in [-0.3, -0.25) is 14.9 Å².